The van der Waals surface area contributed by atoms with E-state index in [1.54, 1.807) is 12.1 Å². The highest BCUT2D eigenvalue weighted by atomic mass is 35.5. The van der Waals surface area contributed by atoms with E-state index >= 15 is 0 Å². The average molecular weight is 259 g/mol. The van der Waals surface area contributed by atoms with Crippen molar-refractivity contribution in [3.63, 3.8) is 0 Å². The van der Waals surface area contributed by atoms with Crippen LogP contribution < -0.4 is 10.6 Å². The average Bonchev–Trinajstić information content (AvgIpc) is 2.34. The molecule has 1 aliphatic heterocycles. The molecule has 0 bridgehead atoms. The molecule has 0 aromatic heterocycles. The third-order valence-electron chi connectivity index (χ3n) is 3.34. The minimum absolute atomic E-state index is 0.127. The van der Waals surface area contributed by atoms with Gasteiger partial charge in [-0.25, -0.2) is 4.39 Å². The number of halogens is 2. The Labute approximate surface area is 105 Å². The second kappa shape index (κ2) is 4.80. The van der Waals surface area contributed by atoms with E-state index in [2.05, 4.69) is 4.90 Å². The molecule has 1 aromatic carbocycles. The van der Waals surface area contributed by atoms with E-state index in [9.17, 15) is 9.50 Å². The number of benzene rings is 1. The number of hydrogen-bond acceptors (Lipinski definition) is 3. The van der Waals surface area contributed by atoms with Crippen LogP contribution in [0, 0.1) is 5.82 Å². The second-order valence-electron chi connectivity index (χ2n) is 4.51. The van der Waals surface area contributed by atoms with Gasteiger partial charge in [0.25, 0.3) is 0 Å². The van der Waals surface area contributed by atoms with Crippen molar-refractivity contribution in [1.82, 2.24) is 0 Å². The molecule has 5 heteroatoms. The molecule has 94 valence electrons. The highest BCUT2D eigenvalue weighted by Gasteiger charge is 2.30. The summed E-state index contributed by atoms with van der Waals surface area (Å²) in [6.07, 6.45) is 1.25. The van der Waals surface area contributed by atoms with Crippen molar-refractivity contribution < 1.29 is 9.50 Å². The summed E-state index contributed by atoms with van der Waals surface area (Å²) in [6, 6.07) is 4.68. The molecule has 3 nitrogen and oxygen atoms in total. The zero-order valence-corrected chi connectivity index (χ0v) is 10.3. The molecule has 0 saturated carbocycles. The van der Waals surface area contributed by atoms with Gasteiger partial charge in [0.05, 0.1) is 10.6 Å². The van der Waals surface area contributed by atoms with Crippen LogP contribution in [-0.2, 0) is 0 Å². The lowest BCUT2D eigenvalue weighted by Gasteiger charge is -2.38. The first-order chi connectivity index (χ1) is 8.04. The summed E-state index contributed by atoms with van der Waals surface area (Å²) in [5, 5.41) is 10.1. The Balaban J connectivity index is 2.08. The summed E-state index contributed by atoms with van der Waals surface area (Å²) in [6.45, 7) is 1.69. The van der Waals surface area contributed by atoms with E-state index in [-0.39, 0.29) is 11.6 Å². The third-order valence-corrected chi connectivity index (χ3v) is 3.63. The van der Waals surface area contributed by atoms with Crippen molar-refractivity contribution in [2.24, 2.45) is 5.73 Å². The van der Waals surface area contributed by atoms with Crippen LogP contribution in [0.1, 0.15) is 12.8 Å². The lowest BCUT2D eigenvalue weighted by atomic mass is 9.91. The molecule has 1 fully saturated rings. The molecule has 1 saturated heterocycles. The van der Waals surface area contributed by atoms with Gasteiger partial charge in [-0.15, -0.1) is 0 Å². The van der Waals surface area contributed by atoms with Crippen molar-refractivity contribution in [1.29, 1.82) is 0 Å². The summed E-state index contributed by atoms with van der Waals surface area (Å²) < 4.78 is 13.0. The predicted molar refractivity (Wildman–Crippen MR) is 66.9 cm³/mol. The topological polar surface area (TPSA) is 49.5 Å². The Morgan fingerprint density at radius 3 is 2.59 bits per heavy atom. The summed E-state index contributed by atoms with van der Waals surface area (Å²) in [5.41, 5.74) is 5.66. The molecule has 0 aliphatic carbocycles. The van der Waals surface area contributed by atoms with E-state index in [1.165, 1.54) is 6.07 Å². The van der Waals surface area contributed by atoms with Gasteiger partial charge in [-0.2, -0.15) is 0 Å². The molecule has 0 unspecified atom stereocenters. The maximum atomic E-state index is 13.0. The molecule has 17 heavy (non-hydrogen) atoms. The van der Waals surface area contributed by atoms with Gasteiger partial charge in [0, 0.05) is 25.3 Å². The fraction of sp³-hybridized carbons (Fsp3) is 0.500. The van der Waals surface area contributed by atoms with Crippen molar-refractivity contribution in [3.8, 4) is 0 Å². The van der Waals surface area contributed by atoms with Gasteiger partial charge in [-0.1, -0.05) is 11.6 Å². The van der Waals surface area contributed by atoms with Crippen molar-refractivity contribution in [3.05, 3.63) is 29.0 Å². The van der Waals surface area contributed by atoms with Gasteiger partial charge in [-0.05, 0) is 31.0 Å². The van der Waals surface area contributed by atoms with Crippen LogP contribution in [0.4, 0.5) is 10.1 Å². The van der Waals surface area contributed by atoms with E-state index in [1.807, 2.05) is 0 Å². The number of anilines is 1. The molecule has 0 spiro atoms. The Morgan fingerprint density at radius 2 is 2.06 bits per heavy atom. The molecular weight excluding hydrogens is 243 g/mol. The Bertz CT molecular complexity index is 405. The number of nitrogens with two attached hydrogens (primary N) is 1. The molecule has 3 N–H and O–H groups in total. The summed E-state index contributed by atoms with van der Waals surface area (Å²) in [7, 11) is 0. The number of aliphatic hydroxyl groups is 1. The predicted octanol–water partition coefficient (Wildman–Crippen LogP) is 1.77. The van der Waals surface area contributed by atoms with E-state index in [0.29, 0.717) is 25.9 Å². The molecule has 1 aromatic rings. The monoisotopic (exact) mass is 258 g/mol. The van der Waals surface area contributed by atoms with Crippen LogP contribution in [0.2, 0.25) is 5.02 Å². The summed E-state index contributed by atoms with van der Waals surface area (Å²) in [5.74, 6) is -0.411. The van der Waals surface area contributed by atoms with E-state index < -0.39 is 11.4 Å². The lowest BCUT2D eigenvalue weighted by molar-refractivity contribution is 0.0250. The maximum absolute atomic E-state index is 13.0. The van der Waals surface area contributed by atoms with Gasteiger partial charge < -0.3 is 15.7 Å². The summed E-state index contributed by atoms with van der Waals surface area (Å²) in [4.78, 5) is 2.08. The maximum Gasteiger partial charge on any atom is 0.141 e. The van der Waals surface area contributed by atoms with Gasteiger partial charge in [0.1, 0.15) is 5.82 Å². The molecule has 1 heterocycles. The standard InChI is InChI=1S/C12H16ClFN2O/c13-10-7-9(1-2-11(10)14)16-5-3-12(17,8-15)4-6-16/h1-2,7,17H,3-6,8,15H2. The Morgan fingerprint density at radius 1 is 1.41 bits per heavy atom. The van der Waals surface area contributed by atoms with Gasteiger partial charge in [0.15, 0.2) is 0 Å². The van der Waals surface area contributed by atoms with Crippen LogP contribution in [0.15, 0.2) is 18.2 Å². The van der Waals surface area contributed by atoms with Crippen LogP contribution in [0.25, 0.3) is 0 Å². The normalized spacial score (nSPS) is 19.4. The molecule has 0 radical (unpaired) electrons. The fourth-order valence-electron chi connectivity index (χ4n) is 2.07. The molecule has 0 amide bonds. The van der Waals surface area contributed by atoms with Crippen molar-refractivity contribution in [2.45, 2.75) is 18.4 Å². The quantitative estimate of drug-likeness (QED) is 0.850. The fourth-order valence-corrected chi connectivity index (χ4v) is 2.24. The smallest absolute Gasteiger partial charge is 0.141 e. The van der Waals surface area contributed by atoms with Crippen LogP contribution in [-0.4, -0.2) is 30.3 Å². The Hall–Kier alpha value is -0.840. The number of nitrogens with zero attached hydrogens (tertiary/aromatic N) is 1. The largest absolute Gasteiger partial charge is 0.388 e. The highest BCUT2D eigenvalue weighted by molar-refractivity contribution is 6.31. The first kappa shape index (κ1) is 12.6. The molecule has 0 atom stereocenters. The van der Waals surface area contributed by atoms with E-state index in [0.717, 1.165) is 5.69 Å². The lowest BCUT2D eigenvalue weighted by Crippen LogP contribution is -2.48. The van der Waals surface area contributed by atoms with Crippen LogP contribution >= 0.6 is 11.6 Å². The SMILES string of the molecule is NCC1(O)CCN(c2ccc(F)c(Cl)c2)CC1. The first-order valence-corrected chi connectivity index (χ1v) is 6.04. The highest BCUT2D eigenvalue weighted by Crippen LogP contribution is 2.28. The van der Waals surface area contributed by atoms with E-state index in [4.69, 9.17) is 17.3 Å². The molecule has 2 rings (SSSR count). The Kier molecular flexibility index (Phi) is 3.56. The zero-order valence-electron chi connectivity index (χ0n) is 9.50. The van der Waals surface area contributed by atoms with Gasteiger partial charge in [-0.3, -0.25) is 0 Å². The number of piperidine rings is 1. The van der Waals surface area contributed by atoms with Crippen molar-refractivity contribution >= 4 is 17.3 Å². The van der Waals surface area contributed by atoms with Gasteiger partial charge >= 0.3 is 0 Å². The minimum atomic E-state index is -0.750. The number of rotatable bonds is 2. The molecular formula is C12H16ClFN2O. The first-order valence-electron chi connectivity index (χ1n) is 5.66. The van der Waals surface area contributed by atoms with Crippen molar-refractivity contribution in [2.75, 3.05) is 24.5 Å². The van der Waals surface area contributed by atoms with Crippen LogP contribution in [0.3, 0.4) is 0 Å². The summed E-state index contributed by atoms with van der Waals surface area (Å²) >= 11 is 5.75. The second-order valence-corrected chi connectivity index (χ2v) is 4.92. The zero-order chi connectivity index (χ0) is 12.5. The van der Waals surface area contributed by atoms with Gasteiger partial charge in [0.2, 0.25) is 0 Å². The third kappa shape index (κ3) is 2.70. The number of hydrogen-bond donors (Lipinski definition) is 2. The molecule has 1 aliphatic rings. The van der Waals surface area contributed by atoms with Crippen LogP contribution in [0.5, 0.6) is 0 Å². The minimum Gasteiger partial charge on any atom is -0.388 e.